The van der Waals surface area contributed by atoms with Crippen molar-refractivity contribution in [1.82, 2.24) is 76.9 Å². The highest BCUT2D eigenvalue weighted by atomic mass is 127. The van der Waals surface area contributed by atoms with Crippen LogP contribution in [0.4, 0.5) is 36.2 Å². The summed E-state index contributed by atoms with van der Waals surface area (Å²) in [6.07, 6.45) is 10.8. The molecule has 0 radical (unpaired) electrons. The van der Waals surface area contributed by atoms with Crippen molar-refractivity contribution in [3.8, 4) is 10.4 Å². The summed E-state index contributed by atoms with van der Waals surface area (Å²) in [4.78, 5) is 146. The number of benzene rings is 4. The monoisotopic (exact) mass is 1680 g/mol. The van der Waals surface area contributed by atoms with Crippen molar-refractivity contribution >= 4 is 115 Å². The number of anilines is 4. The van der Waals surface area contributed by atoms with Gasteiger partial charge in [-0.05, 0) is 159 Å². The number of amides is 6. The SMILES string of the molecule is Cc1ncsc1-c1ccc([C@H](C)NC(=O)[C@@H]2C[C@@H](OC(=O)CCCCn3cc(CNC(=O)CC[C@H](NC(=O)c4ccc(NCc5cnc6c(=O)[nH]c(N)nc6n5)cc4)C(=O)O)nn3)CN2C(=O)[C@@H](NC(=O)CCCCCCCCCCNCCCONC(=O)c2ccc(F)c(F)c2Nc2ccc(I)cc2F)C(C)(C)C)cc1. The lowest BCUT2D eigenvalue weighted by atomic mass is 9.85. The minimum atomic E-state index is -1.38. The van der Waals surface area contributed by atoms with E-state index in [1.165, 1.54) is 46.7 Å². The van der Waals surface area contributed by atoms with Gasteiger partial charge in [-0.15, -0.1) is 16.4 Å². The number of aliphatic carboxylic acids is 1. The number of hydrogen-bond acceptors (Lipinski definition) is 22. The van der Waals surface area contributed by atoms with Crippen LogP contribution in [0.15, 0.2) is 102 Å². The van der Waals surface area contributed by atoms with E-state index in [1.54, 1.807) is 34.6 Å². The number of nitrogens with zero attached hydrogens (tertiary/aromatic N) is 8. The number of ether oxygens (including phenoxy) is 1. The van der Waals surface area contributed by atoms with Crippen LogP contribution in [0, 0.1) is 33.4 Å². The second kappa shape index (κ2) is 41.7. The van der Waals surface area contributed by atoms with Gasteiger partial charge in [0, 0.05) is 47.0 Å². The number of carbonyl (C=O) groups is 8. The van der Waals surface area contributed by atoms with Crippen molar-refractivity contribution < 1.29 is 66.2 Å². The molecular weight excluding hydrogens is 1580 g/mol. The van der Waals surface area contributed by atoms with Crippen LogP contribution in [-0.2, 0) is 58.0 Å². The molecular formula is C77H94F3IN18O12S. The summed E-state index contributed by atoms with van der Waals surface area (Å²) in [6, 6.07) is 16.2. The number of hydroxylamine groups is 1. The number of thiazole rings is 1. The highest BCUT2D eigenvalue weighted by Crippen LogP contribution is 2.33. The maximum atomic E-state index is 14.9. The van der Waals surface area contributed by atoms with Crippen LogP contribution >= 0.6 is 33.9 Å². The van der Waals surface area contributed by atoms with Gasteiger partial charge >= 0.3 is 11.9 Å². The van der Waals surface area contributed by atoms with E-state index < -0.39 is 106 Å². The summed E-state index contributed by atoms with van der Waals surface area (Å²) in [5, 5.41) is 38.4. The number of carboxylic acids is 1. The van der Waals surface area contributed by atoms with Gasteiger partial charge in [0.1, 0.15) is 35.7 Å². The molecule has 8 aromatic rings. The van der Waals surface area contributed by atoms with Crippen molar-refractivity contribution in [1.29, 1.82) is 0 Å². The lowest BCUT2D eigenvalue weighted by molar-refractivity contribution is -0.150. The Balaban J connectivity index is 0.662. The minimum Gasteiger partial charge on any atom is -0.480 e. The summed E-state index contributed by atoms with van der Waals surface area (Å²) in [5.74, 6) is -8.37. The zero-order chi connectivity index (χ0) is 80.4. The number of likely N-dealkylation sites (tertiary alicyclic amines) is 1. The van der Waals surface area contributed by atoms with Gasteiger partial charge in [0.05, 0.1) is 83.4 Å². The fourth-order valence-corrected chi connectivity index (χ4v) is 13.7. The Labute approximate surface area is 662 Å². The van der Waals surface area contributed by atoms with Gasteiger partial charge in [0.25, 0.3) is 17.4 Å². The first-order chi connectivity index (χ1) is 53.7. The molecule has 598 valence electrons. The summed E-state index contributed by atoms with van der Waals surface area (Å²) < 4.78 is 51.6. The van der Waals surface area contributed by atoms with Gasteiger partial charge in [-0.1, -0.05) is 88.8 Å². The molecule has 9 rings (SSSR count). The van der Waals surface area contributed by atoms with E-state index in [-0.39, 0.29) is 98.2 Å². The first kappa shape index (κ1) is 85.5. The molecule has 112 heavy (non-hydrogen) atoms. The third kappa shape index (κ3) is 25.5. The maximum Gasteiger partial charge on any atom is 0.326 e. The summed E-state index contributed by atoms with van der Waals surface area (Å²) in [6.45, 7) is 11.3. The molecule has 0 spiro atoms. The van der Waals surface area contributed by atoms with Crippen LogP contribution in [0.25, 0.3) is 21.6 Å². The van der Waals surface area contributed by atoms with E-state index in [4.69, 9.17) is 15.3 Å². The number of carboxylic acid groups (broad SMARTS) is 1. The topological polar surface area (TPSA) is 416 Å². The first-order valence-corrected chi connectivity index (χ1v) is 39.1. The molecule has 6 amide bonds. The molecule has 1 aliphatic rings. The summed E-state index contributed by atoms with van der Waals surface area (Å²) in [5.41, 5.74) is 12.0. The number of aromatic nitrogens is 8. The predicted octanol–water partition coefficient (Wildman–Crippen LogP) is 9.92. The van der Waals surface area contributed by atoms with E-state index in [0.717, 1.165) is 85.3 Å². The molecule has 0 unspecified atom stereocenters. The molecule has 4 aromatic heterocycles. The van der Waals surface area contributed by atoms with Crippen LogP contribution < -0.4 is 54.0 Å². The van der Waals surface area contributed by atoms with Crippen molar-refractivity contribution in [2.75, 3.05) is 42.6 Å². The Morgan fingerprint density at radius 2 is 1.51 bits per heavy atom. The lowest BCUT2D eigenvalue weighted by Crippen LogP contribution is -2.57. The van der Waals surface area contributed by atoms with E-state index in [9.17, 15) is 61.4 Å². The molecule has 12 N–H and O–H groups in total. The highest BCUT2D eigenvalue weighted by molar-refractivity contribution is 14.1. The van der Waals surface area contributed by atoms with Gasteiger partial charge in [-0.3, -0.25) is 52.9 Å². The third-order valence-corrected chi connectivity index (χ3v) is 20.2. The highest BCUT2D eigenvalue weighted by Gasteiger charge is 2.46. The molecule has 0 aliphatic carbocycles. The van der Waals surface area contributed by atoms with Gasteiger partial charge < -0.3 is 57.7 Å². The fraction of sp³-hybridized carbons (Fsp3) is 0.442. The molecule has 1 fully saturated rings. The number of rotatable bonds is 42. The van der Waals surface area contributed by atoms with Crippen LogP contribution in [0.3, 0.4) is 0 Å². The molecule has 5 atom stereocenters. The Morgan fingerprint density at radius 3 is 2.22 bits per heavy atom. The second-order valence-corrected chi connectivity index (χ2v) is 30.5. The molecule has 0 bridgehead atoms. The first-order valence-electron chi connectivity index (χ1n) is 37.2. The fourth-order valence-electron chi connectivity index (χ4n) is 12.4. The average Bonchev–Trinajstić information content (AvgIpc) is 1.23. The predicted molar refractivity (Wildman–Crippen MR) is 421 cm³/mol. The van der Waals surface area contributed by atoms with Crippen molar-refractivity contribution in [2.45, 2.75) is 187 Å². The molecule has 5 heterocycles. The van der Waals surface area contributed by atoms with Gasteiger partial charge in [-0.2, -0.15) is 4.98 Å². The van der Waals surface area contributed by atoms with Gasteiger partial charge in [0.15, 0.2) is 22.8 Å². The largest absolute Gasteiger partial charge is 0.480 e. The minimum absolute atomic E-state index is 0.0143. The molecule has 35 heteroatoms. The Hall–Kier alpha value is -10.5. The number of unbranched alkanes of at least 4 members (excludes halogenated alkanes) is 8. The van der Waals surface area contributed by atoms with Crippen LogP contribution in [0.1, 0.15) is 180 Å². The smallest absolute Gasteiger partial charge is 0.326 e. The molecule has 1 saturated heterocycles. The number of carbonyl (C=O) groups excluding carboxylic acids is 7. The molecule has 30 nitrogen and oxygen atoms in total. The number of esters is 1. The number of hydrogen-bond donors (Lipinski definition) is 11. The summed E-state index contributed by atoms with van der Waals surface area (Å²) >= 11 is 3.45. The number of nitrogens with one attached hydrogen (secondary N) is 9. The Bertz CT molecular complexity index is 4640. The standard InChI is InChI=1S/C77H94F3IN18O12S/c1-45(47-19-21-48(22-20-47)67-46(2)87-44-112-67)88-72(105)60-38-54(111-63(102)18-13-15-35-98-42-53(95-97-98)41-85-61(100)32-31-59(75(108)109)91-70(103)49-23-26-51(27-24-49)84-39-52-40-86-66-69(89-52)93-76(82)94-73(66)106)43-99(60)74(107)68(77(3,4)5)92-62(101)17-12-10-8-6-7-9-11-14-33-83-34-16-36-110-96-71(104)55-28-29-56(78)64(80)65(55)90-58-30-25-50(81)37-57(58)79/h19-30,37,40,42,44-45,54,59-60,68,83-84,90H,6-18,31-36,38-39,41,43H2,1-5H3,(H,85,100)(H,88,105)(H,91,103)(H,92,101)(H,96,104)(H,108,109)(H3,82,89,93,94,106)/t45-,54+,59-,60-,68+/m0/s1. The number of halogens is 4. The van der Waals surface area contributed by atoms with E-state index >= 15 is 0 Å². The number of aromatic amines is 1. The van der Waals surface area contributed by atoms with Crippen molar-refractivity contribution in [3.63, 3.8) is 0 Å². The lowest BCUT2D eigenvalue weighted by Gasteiger charge is -2.35. The van der Waals surface area contributed by atoms with E-state index in [0.29, 0.717) is 59.4 Å². The Morgan fingerprint density at radius 1 is 0.786 bits per heavy atom. The zero-order valence-corrected chi connectivity index (χ0v) is 65.9. The quantitative estimate of drug-likeness (QED) is 0.00733. The summed E-state index contributed by atoms with van der Waals surface area (Å²) in [7, 11) is 0. The third-order valence-electron chi connectivity index (χ3n) is 18.6. The maximum absolute atomic E-state index is 14.9. The number of H-pyrrole nitrogens is 1. The van der Waals surface area contributed by atoms with Crippen molar-refractivity contribution in [3.05, 3.63) is 162 Å². The molecule has 1 aliphatic heterocycles. The second-order valence-electron chi connectivity index (χ2n) is 28.4. The van der Waals surface area contributed by atoms with Gasteiger partial charge in [0.2, 0.25) is 29.6 Å². The normalized spacial score (nSPS) is 14.2. The van der Waals surface area contributed by atoms with Crippen LogP contribution in [0.2, 0.25) is 0 Å². The van der Waals surface area contributed by atoms with E-state index in [1.807, 2.05) is 81.5 Å². The zero-order valence-electron chi connectivity index (χ0n) is 62.9. The van der Waals surface area contributed by atoms with Crippen molar-refractivity contribution in [2.24, 2.45) is 5.41 Å². The number of fused-ring (bicyclic) bond motifs is 1. The van der Waals surface area contributed by atoms with E-state index in [2.05, 4.69) is 77.9 Å². The van der Waals surface area contributed by atoms with Crippen LogP contribution in [-0.4, -0.2) is 148 Å². The number of nitrogens with two attached hydrogens (primary N) is 1. The average molecular weight is 1680 g/mol. The number of aryl methyl sites for hydroxylation is 2. The van der Waals surface area contributed by atoms with Crippen LogP contribution in [0.5, 0.6) is 0 Å². The Kier molecular flexibility index (Phi) is 31.8. The molecule has 4 aromatic carbocycles. The number of nitrogen functional groups attached to an aromatic ring is 1. The molecule has 0 saturated carbocycles. The van der Waals surface area contributed by atoms with Gasteiger partial charge in [-0.25, -0.2) is 38.4 Å².